The Labute approximate surface area is 140 Å². The summed E-state index contributed by atoms with van der Waals surface area (Å²) in [6, 6.07) is 7.35. The number of hydrogen-bond acceptors (Lipinski definition) is 7. The lowest BCUT2D eigenvalue weighted by atomic mass is 9.96. The molecule has 2 rings (SSSR count). The Hall–Kier alpha value is -1.74. The van der Waals surface area contributed by atoms with Crippen LogP contribution in [0.2, 0.25) is 0 Å². The molecule has 0 bridgehead atoms. The van der Waals surface area contributed by atoms with E-state index in [-0.39, 0.29) is 22.0 Å². The lowest BCUT2D eigenvalue weighted by molar-refractivity contribution is -0.170. The number of benzene rings is 2. The van der Waals surface area contributed by atoms with Crippen LogP contribution in [0.5, 0.6) is 17.2 Å². The maximum Gasteiger partial charge on any atom is 0.388 e. The van der Waals surface area contributed by atoms with Gasteiger partial charge in [-0.3, -0.25) is 0 Å². The van der Waals surface area contributed by atoms with Crippen LogP contribution in [0.15, 0.2) is 41.3 Å². The van der Waals surface area contributed by atoms with Crippen molar-refractivity contribution >= 4 is 18.2 Å². The first-order chi connectivity index (χ1) is 11.0. The average molecular weight is 374 g/mol. The molecule has 10 heteroatoms. The van der Waals surface area contributed by atoms with Gasteiger partial charge in [0, 0.05) is 17.4 Å². The van der Waals surface area contributed by atoms with Crippen LogP contribution in [0.25, 0.3) is 0 Å². The summed E-state index contributed by atoms with van der Waals surface area (Å²) in [5.41, 5.74) is -0.253. The molecular formula is C14H15O8PS. The highest BCUT2D eigenvalue weighted by Gasteiger charge is 2.35. The summed E-state index contributed by atoms with van der Waals surface area (Å²) in [5.74, 6) is -4.05. The average Bonchev–Trinajstić information content (AvgIpc) is 2.34. The summed E-state index contributed by atoms with van der Waals surface area (Å²) < 4.78 is 11.2. The fraction of sp³-hybridized carbons (Fsp3) is 0.143. The lowest BCUT2D eigenvalue weighted by Crippen LogP contribution is -2.28. The van der Waals surface area contributed by atoms with Gasteiger partial charge in [0.05, 0.1) is 5.56 Å². The predicted octanol–water partition coefficient (Wildman–Crippen LogP) is 1.37. The van der Waals surface area contributed by atoms with E-state index in [9.17, 15) is 30.1 Å². The summed E-state index contributed by atoms with van der Waals surface area (Å²) in [6.45, 7) is -4.68. The van der Waals surface area contributed by atoms with Crippen molar-refractivity contribution in [3.63, 3.8) is 0 Å². The molecular weight excluding hydrogens is 359 g/mol. The second kappa shape index (κ2) is 6.64. The molecule has 0 aliphatic heterocycles. The van der Waals surface area contributed by atoms with Crippen LogP contribution >= 0.6 is 18.2 Å². The van der Waals surface area contributed by atoms with Gasteiger partial charge in [-0.2, -0.15) is 0 Å². The normalized spacial score (nSPS) is 12.3. The quantitative estimate of drug-likeness (QED) is 0.303. The van der Waals surface area contributed by atoms with Crippen LogP contribution in [0.1, 0.15) is 11.1 Å². The van der Waals surface area contributed by atoms with Crippen LogP contribution in [-0.2, 0) is 16.8 Å². The summed E-state index contributed by atoms with van der Waals surface area (Å²) in [6.07, 6.45) is -0.478. The van der Waals surface area contributed by atoms with Gasteiger partial charge in [-0.25, -0.2) is 4.57 Å². The van der Waals surface area contributed by atoms with Crippen LogP contribution in [-0.4, -0.2) is 35.3 Å². The van der Waals surface area contributed by atoms with E-state index in [1.165, 1.54) is 24.3 Å². The molecule has 0 saturated heterocycles. The molecule has 130 valence electrons. The molecule has 0 aliphatic carbocycles. The third-order valence-electron chi connectivity index (χ3n) is 3.04. The van der Waals surface area contributed by atoms with Crippen LogP contribution in [0.3, 0.4) is 0 Å². The van der Waals surface area contributed by atoms with Crippen molar-refractivity contribution in [2.75, 3.05) is 0 Å². The Bertz CT molecular complexity index is 801. The van der Waals surface area contributed by atoms with Crippen molar-refractivity contribution in [1.82, 2.24) is 0 Å². The monoisotopic (exact) mass is 374 g/mol. The molecule has 0 saturated carbocycles. The zero-order valence-corrected chi connectivity index (χ0v) is 13.8. The Morgan fingerprint density at radius 2 is 1.67 bits per heavy atom. The topological polar surface area (TPSA) is 159 Å². The van der Waals surface area contributed by atoms with E-state index in [2.05, 4.69) is 0 Å². The SMILES string of the molecule is O=P(O)(O)Sc1cc(O)cc(O)c1C(O)(O)Cc1cccc(O)c1. The molecule has 0 radical (unpaired) electrons. The van der Waals surface area contributed by atoms with E-state index < -0.39 is 36.1 Å². The molecule has 0 aliphatic rings. The van der Waals surface area contributed by atoms with Gasteiger partial charge >= 0.3 is 6.80 Å². The maximum absolute atomic E-state index is 11.2. The second-order valence-corrected chi connectivity index (χ2v) is 8.66. The number of phenolic OH excluding ortho intramolecular Hbond substituents is 3. The fourth-order valence-corrected chi connectivity index (χ4v) is 4.22. The molecule has 0 spiro atoms. The Balaban J connectivity index is 2.50. The number of phenols is 3. The van der Waals surface area contributed by atoms with E-state index in [1.54, 1.807) is 0 Å². The largest absolute Gasteiger partial charge is 0.508 e. The summed E-state index contributed by atoms with van der Waals surface area (Å²) in [7, 11) is 0. The van der Waals surface area contributed by atoms with Crippen molar-refractivity contribution in [1.29, 1.82) is 0 Å². The molecule has 8 nitrogen and oxygen atoms in total. The minimum Gasteiger partial charge on any atom is -0.508 e. The standard InChI is InChI=1S/C14H15O8PS/c15-9-3-1-2-8(4-9)7-14(18,19)13-11(17)5-10(16)6-12(13)24-23(20,21)22/h1-6,15-19H,7H2,(H2,20,21,22). The Kier molecular flexibility index (Phi) is 5.14. The lowest BCUT2D eigenvalue weighted by Gasteiger charge is -2.26. The molecule has 0 aromatic heterocycles. The highest BCUT2D eigenvalue weighted by molar-refractivity contribution is 8.54. The van der Waals surface area contributed by atoms with Gasteiger partial charge in [-0.05, 0) is 35.1 Å². The van der Waals surface area contributed by atoms with Gasteiger partial charge in [0.25, 0.3) is 0 Å². The van der Waals surface area contributed by atoms with E-state index in [1.807, 2.05) is 0 Å². The second-order valence-electron chi connectivity index (χ2n) is 5.08. The van der Waals surface area contributed by atoms with Crippen molar-refractivity contribution in [2.24, 2.45) is 0 Å². The Morgan fingerprint density at radius 3 is 2.25 bits per heavy atom. The summed E-state index contributed by atoms with van der Waals surface area (Å²) >= 11 is -0.0264. The smallest absolute Gasteiger partial charge is 0.388 e. The molecule has 0 heterocycles. The fourth-order valence-electron chi connectivity index (χ4n) is 2.23. The minimum atomic E-state index is -4.68. The Morgan fingerprint density at radius 1 is 1.00 bits per heavy atom. The first kappa shape index (κ1) is 18.6. The number of aliphatic hydroxyl groups is 2. The number of hydrogen-bond donors (Lipinski definition) is 7. The third-order valence-corrected chi connectivity index (χ3v) is 5.11. The zero-order valence-electron chi connectivity index (χ0n) is 12.1. The zero-order chi connectivity index (χ0) is 18.1. The molecule has 24 heavy (non-hydrogen) atoms. The van der Waals surface area contributed by atoms with Crippen molar-refractivity contribution in [2.45, 2.75) is 17.1 Å². The van der Waals surface area contributed by atoms with E-state index in [0.29, 0.717) is 5.56 Å². The van der Waals surface area contributed by atoms with Crippen molar-refractivity contribution < 1.29 is 39.9 Å². The van der Waals surface area contributed by atoms with Gasteiger partial charge < -0.3 is 35.3 Å². The van der Waals surface area contributed by atoms with Gasteiger partial charge in [0.15, 0.2) is 5.79 Å². The molecule has 0 atom stereocenters. The third kappa shape index (κ3) is 4.64. The molecule has 2 aromatic rings. The van der Waals surface area contributed by atoms with Crippen molar-refractivity contribution in [3.05, 3.63) is 47.5 Å². The van der Waals surface area contributed by atoms with Crippen LogP contribution < -0.4 is 0 Å². The predicted molar refractivity (Wildman–Crippen MR) is 85.6 cm³/mol. The maximum atomic E-state index is 11.2. The van der Waals surface area contributed by atoms with Gasteiger partial charge in [0.2, 0.25) is 0 Å². The van der Waals surface area contributed by atoms with E-state index >= 15 is 0 Å². The van der Waals surface area contributed by atoms with Gasteiger partial charge in [0.1, 0.15) is 17.2 Å². The molecule has 7 N–H and O–H groups in total. The first-order valence-corrected chi connectivity index (χ1v) is 9.55. The van der Waals surface area contributed by atoms with Gasteiger partial charge in [-0.15, -0.1) is 0 Å². The first-order valence-electron chi connectivity index (χ1n) is 6.52. The highest BCUT2D eigenvalue weighted by atomic mass is 32.7. The molecule has 0 unspecified atom stereocenters. The number of rotatable bonds is 5. The summed E-state index contributed by atoms with van der Waals surface area (Å²) in [4.78, 5) is 17.8. The van der Waals surface area contributed by atoms with Crippen LogP contribution in [0, 0.1) is 0 Å². The number of aromatic hydroxyl groups is 3. The molecule has 0 amide bonds. The van der Waals surface area contributed by atoms with E-state index in [0.717, 1.165) is 12.1 Å². The van der Waals surface area contributed by atoms with Crippen molar-refractivity contribution in [3.8, 4) is 17.2 Å². The van der Waals surface area contributed by atoms with E-state index in [4.69, 9.17) is 9.79 Å². The van der Waals surface area contributed by atoms with Gasteiger partial charge in [-0.1, -0.05) is 12.1 Å². The highest BCUT2D eigenvalue weighted by Crippen LogP contribution is 2.57. The summed E-state index contributed by atoms with van der Waals surface area (Å²) in [5, 5.41) is 49.5. The molecule has 0 fully saturated rings. The van der Waals surface area contributed by atoms with Crippen LogP contribution in [0.4, 0.5) is 0 Å². The minimum absolute atomic E-state index is 0.0264. The molecule has 2 aromatic carbocycles.